The Morgan fingerprint density at radius 2 is 2.06 bits per heavy atom. The number of methoxy groups -OCH3 is 1. The first-order valence-corrected chi connectivity index (χ1v) is 5.69. The molecule has 16 heavy (non-hydrogen) atoms. The van der Waals surface area contributed by atoms with Crippen LogP contribution in [0.2, 0.25) is 0 Å². The first kappa shape index (κ1) is 12.7. The van der Waals surface area contributed by atoms with Crippen LogP contribution in [0, 0.1) is 5.92 Å². The summed E-state index contributed by atoms with van der Waals surface area (Å²) >= 11 is 0. The predicted molar refractivity (Wildman–Crippen MR) is 70.1 cm³/mol. The quantitative estimate of drug-likeness (QED) is 0.778. The van der Waals surface area contributed by atoms with Gasteiger partial charge >= 0.3 is 0 Å². The van der Waals surface area contributed by atoms with Crippen molar-refractivity contribution in [2.75, 3.05) is 31.3 Å². The van der Waals surface area contributed by atoms with Gasteiger partial charge in [-0.2, -0.15) is 0 Å². The number of rotatable bonds is 5. The number of nitrogens with two attached hydrogens (primary N) is 1. The number of nitrogen functional groups attached to an aromatic ring is 1. The molecule has 0 aliphatic heterocycles. The lowest BCUT2D eigenvalue weighted by Gasteiger charge is -2.22. The molecule has 0 amide bonds. The minimum absolute atomic E-state index is 0.703. The molecule has 90 valence electrons. The van der Waals surface area contributed by atoms with E-state index in [2.05, 4.69) is 25.8 Å². The van der Waals surface area contributed by atoms with E-state index in [9.17, 15) is 0 Å². The maximum Gasteiger partial charge on any atom is 0.121 e. The van der Waals surface area contributed by atoms with E-state index in [0.29, 0.717) is 5.92 Å². The summed E-state index contributed by atoms with van der Waals surface area (Å²) in [5, 5.41) is 0. The molecule has 1 aromatic rings. The van der Waals surface area contributed by atoms with Crippen LogP contribution in [-0.4, -0.2) is 20.7 Å². The fraction of sp³-hybridized carbons (Fsp3) is 0.538. The van der Waals surface area contributed by atoms with Gasteiger partial charge in [0.1, 0.15) is 5.75 Å². The number of nitrogens with zero attached hydrogens (tertiary/aromatic N) is 1. The van der Waals surface area contributed by atoms with Crippen LogP contribution in [0.4, 0.5) is 11.4 Å². The van der Waals surface area contributed by atoms with Crippen LogP contribution in [0.1, 0.15) is 20.3 Å². The Morgan fingerprint density at radius 1 is 1.38 bits per heavy atom. The average molecular weight is 222 g/mol. The number of ether oxygens (including phenoxy) is 1. The second kappa shape index (κ2) is 5.64. The lowest BCUT2D eigenvalue weighted by molar-refractivity contribution is 0.415. The molecular formula is C13H22N2O. The van der Waals surface area contributed by atoms with Crippen LogP contribution in [0.3, 0.4) is 0 Å². The third-order valence-corrected chi connectivity index (χ3v) is 2.69. The fourth-order valence-corrected chi connectivity index (χ4v) is 1.55. The molecule has 0 unspecified atom stereocenters. The summed E-state index contributed by atoms with van der Waals surface area (Å²) in [5.41, 5.74) is 7.79. The second-order valence-electron chi connectivity index (χ2n) is 4.53. The molecule has 1 aromatic carbocycles. The lowest BCUT2D eigenvalue weighted by atomic mass is 10.1. The highest BCUT2D eigenvalue weighted by atomic mass is 16.5. The van der Waals surface area contributed by atoms with Crippen molar-refractivity contribution in [3.63, 3.8) is 0 Å². The molecule has 0 bridgehead atoms. The molecular weight excluding hydrogens is 200 g/mol. The highest BCUT2D eigenvalue weighted by molar-refractivity contribution is 5.69. The van der Waals surface area contributed by atoms with Gasteiger partial charge in [-0.05, 0) is 24.5 Å². The van der Waals surface area contributed by atoms with Crippen molar-refractivity contribution in [1.29, 1.82) is 0 Å². The topological polar surface area (TPSA) is 38.5 Å². The van der Waals surface area contributed by atoms with Gasteiger partial charge in [-0.1, -0.05) is 13.8 Å². The third-order valence-electron chi connectivity index (χ3n) is 2.69. The number of benzene rings is 1. The molecule has 0 atom stereocenters. The smallest absolute Gasteiger partial charge is 0.121 e. The Morgan fingerprint density at radius 3 is 2.62 bits per heavy atom. The summed E-state index contributed by atoms with van der Waals surface area (Å²) in [6.07, 6.45) is 1.16. The van der Waals surface area contributed by atoms with E-state index in [1.54, 1.807) is 7.11 Å². The van der Waals surface area contributed by atoms with E-state index in [4.69, 9.17) is 10.5 Å². The molecule has 0 aliphatic carbocycles. The Bertz CT molecular complexity index is 337. The van der Waals surface area contributed by atoms with Gasteiger partial charge < -0.3 is 15.4 Å². The van der Waals surface area contributed by atoms with Crippen LogP contribution in [0.25, 0.3) is 0 Å². The van der Waals surface area contributed by atoms with Gasteiger partial charge in [0.25, 0.3) is 0 Å². The zero-order valence-electron chi connectivity index (χ0n) is 10.7. The largest absolute Gasteiger partial charge is 0.497 e. The Kier molecular flexibility index (Phi) is 4.47. The highest BCUT2D eigenvalue weighted by Crippen LogP contribution is 2.27. The van der Waals surface area contributed by atoms with Crippen LogP contribution in [0.5, 0.6) is 5.75 Å². The molecule has 3 nitrogen and oxygen atoms in total. The van der Waals surface area contributed by atoms with E-state index >= 15 is 0 Å². The first-order valence-electron chi connectivity index (χ1n) is 5.69. The number of hydrogen-bond acceptors (Lipinski definition) is 3. The molecule has 0 saturated carbocycles. The third kappa shape index (κ3) is 3.33. The molecule has 0 aliphatic rings. The van der Waals surface area contributed by atoms with E-state index in [1.165, 1.54) is 0 Å². The minimum Gasteiger partial charge on any atom is -0.497 e. The fourth-order valence-electron chi connectivity index (χ4n) is 1.55. The number of hydrogen-bond donors (Lipinski definition) is 1. The van der Waals surface area contributed by atoms with Gasteiger partial charge in [-0.3, -0.25) is 0 Å². The van der Waals surface area contributed by atoms with Gasteiger partial charge in [-0.25, -0.2) is 0 Å². The lowest BCUT2D eigenvalue weighted by Crippen LogP contribution is -2.21. The van der Waals surface area contributed by atoms with E-state index < -0.39 is 0 Å². The van der Waals surface area contributed by atoms with Gasteiger partial charge in [0.2, 0.25) is 0 Å². The van der Waals surface area contributed by atoms with Crippen molar-refractivity contribution in [1.82, 2.24) is 0 Å². The molecule has 0 spiro atoms. The Labute approximate surface area is 98.2 Å². The molecule has 0 heterocycles. The standard InChI is InChI=1S/C13H22N2O/c1-10(2)7-8-15(3)13-9-11(16-4)5-6-12(13)14/h5-6,9-10H,7-8,14H2,1-4H3. The van der Waals surface area contributed by atoms with Gasteiger partial charge in [0, 0.05) is 19.7 Å². The molecule has 3 heteroatoms. The SMILES string of the molecule is COc1ccc(N)c(N(C)CCC(C)C)c1. The average Bonchev–Trinajstić information content (AvgIpc) is 2.26. The van der Waals surface area contributed by atoms with Crippen LogP contribution >= 0.6 is 0 Å². The van der Waals surface area contributed by atoms with E-state index in [0.717, 1.165) is 30.1 Å². The normalized spacial score (nSPS) is 10.6. The van der Waals surface area contributed by atoms with Crippen molar-refractivity contribution in [3.05, 3.63) is 18.2 Å². The summed E-state index contributed by atoms with van der Waals surface area (Å²) in [6, 6.07) is 5.75. The van der Waals surface area contributed by atoms with Crippen LogP contribution in [-0.2, 0) is 0 Å². The van der Waals surface area contributed by atoms with Crippen molar-refractivity contribution in [2.45, 2.75) is 20.3 Å². The monoisotopic (exact) mass is 222 g/mol. The van der Waals surface area contributed by atoms with Crippen LogP contribution < -0.4 is 15.4 Å². The van der Waals surface area contributed by atoms with Gasteiger partial charge in [-0.15, -0.1) is 0 Å². The summed E-state index contributed by atoms with van der Waals surface area (Å²) in [6.45, 7) is 5.46. The van der Waals surface area contributed by atoms with Crippen molar-refractivity contribution >= 4 is 11.4 Å². The predicted octanol–water partition coefficient (Wildman–Crippen LogP) is 2.76. The van der Waals surface area contributed by atoms with Crippen molar-refractivity contribution in [2.24, 2.45) is 5.92 Å². The van der Waals surface area contributed by atoms with Crippen molar-refractivity contribution < 1.29 is 4.74 Å². The summed E-state index contributed by atoms with van der Waals surface area (Å²) in [5.74, 6) is 1.55. The van der Waals surface area contributed by atoms with Crippen LogP contribution in [0.15, 0.2) is 18.2 Å². The Balaban J connectivity index is 2.76. The maximum atomic E-state index is 5.95. The van der Waals surface area contributed by atoms with E-state index in [-0.39, 0.29) is 0 Å². The summed E-state index contributed by atoms with van der Waals surface area (Å²) in [7, 11) is 3.73. The zero-order chi connectivity index (χ0) is 12.1. The van der Waals surface area contributed by atoms with Gasteiger partial charge in [0.05, 0.1) is 18.5 Å². The summed E-state index contributed by atoms with van der Waals surface area (Å²) in [4.78, 5) is 2.18. The second-order valence-corrected chi connectivity index (χ2v) is 4.53. The zero-order valence-corrected chi connectivity index (χ0v) is 10.7. The molecule has 0 saturated heterocycles. The molecule has 0 aromatic heterocycles. The first-order chi connectivity index (χ1) is 7.54. The number of anilines is 2. The van der Waals surface area contributed by atoms with Crippen molar-refractivity contribution in [3.8, 4) is 5.75 Å². The van der Waals surface area contributed by atoms with Gasteiger partial charge in [0.15, 0.2) is 0 Å². The molecule has 2 N–H and O–H groups in total. The molecule has 0 fully saturated rings. The molecule has 0 radical (unpaired) electrons. The summed E-state index contributed by atoms with van der Waals surface area (Å²) < 4.78 is 5.20. The Hall–Kier alpha value is -1.38. The minimum atomic E-state index is 0.703. The molecule has 1 rings (SSSR count). The highest BCUT2D eigenvalue weighted by Gasteiger charge is 2.07. The maximum absolute atomic E-state index is 5.95. The van der Waals surface area contributed by atoms with E-state index in [1.807, 2.05) is 18.2 Å².